The van der Waals surface area contributed by atoms with Gasteiger partial charge in [0.05, 0.1) is 0 Å². The SMILES string of the molecule is Nc1ccc(Oc2cc(C#Cc3ccccc3)cc(Oc3ccc(N)cc3)c2)cc1.Nc1ccc(Oc2cc(C#Cc3ccccc3)cc(Oc3ccc(N)cc3)c2)cc1. The third-order valence-corrected chi connectivity index (χ3v) is 8.47. The van der Waals surface area contributed by atoms with Crippen molar-refractivity contribution >= 4 is 22.7 Å². The standard InChI is InChI=1S/2C26H20N2O2/c2*27-21-8-12-23(13-9-21)29-25-16-20(7-6-19-4-2-1-3-5-19)17-26(18-25)30-24-14-10-22(28)11-15-24/h2*1-5,8-18H,27-28H2. The predicted octanol–water partition coefficient (Wildman–Crippen LogP) is 11.7. The summed E-state index contributed by atoms with van der Waals surface area (Å²) in [6, 6.07) is 59.6. The lowest BCUT2D eigenvalue weighted by Gasteiger charge is -2.11. The van der Waals surface area contributed by atoms with Gasteiger partial charge in [0.25, 0.3) is 0 Å². The first-order valence-corrected chi connectivity index (χ1v) is 18.9. The molecule has 0 saturated carbocycles. The highest BCUT2D eigenvalue weighted by Crippen LogP contribution is 2.32. The highest BCUT2D eigenvalue weighted by atomic mass is 16.5. The van der Waals surface area contributed by atoms with E-state index in [1.165, 1.54) is 0 Å². The van der Waals surface area contributed by atoms with E-state index in [9.17, 15) is 0 Å². The largest absolute Gasteiger partial charge is 0.457 e. The molecule has 8 nitrogen and oxygen atoms in total. The second kappa shape index (κ2) is 19.4. The van der Waals surface area contributed by atoms with Crippen molar-refractivity contribution in [1.29, 1.82) is 0 Å². The van der Waals surface area contributed by atoms with Gasteiger partial charge < -0.3 is 41.9 Å². The van der Waals surface area contributed by atoms with Crippen LogP contribution in [0.5, 0.6) is 46.0 Å². The van der Waals surface area contributed by atoms with E-state index in [4.69, 9.17) is 41.9 Å². The van der Waals surface area contributed by atoms with Crippen LogP contribution in [0.2, 0.25) is 0 Å². The molecule has 0 aromatic heterocycles. The molecule has 292 valence electrons. The lowest BCUT2D eigenvalue weighted by molar-refractivity contribution is 0.459. The van der Waals surface area contributed by atoms with Crippen LogP contribution in [0.4, 0.5) is 22.7 Å². The summed E-state index contributed by atoms with van der Waals surface area (Å²) in [7, 11) is 0. The van der Waals surface area contributed by atoms with Crippen molar-refractivity contribution in [3.63, 3.8) is 0 Å². The Morgan fingerprint density at radius 3 is 0.717 bits per heavy atom. The molecular weight excluding hydrogens is 745 g/mol. The summed E-state index contributed by atoms with van der Waals surface area (Å²) in [6.07, 6.45) is 0. The molecular formula is C52H40N4O4. The van der Waals surface area contributed by atoms with Crippen LogP contribution >= 0.6 is 0 Å². The number of benzene rings is 8. The van der Waals surface area contributed by atoms with E-state index in [1.54, 1.807) is 48.5 Å². The van der Waals surface area contributed by atoms with Gasteiger partial charge in [0, 0.05) is 57.1 Å². The van der Waals surface area contributed by atoms with Gasteiger partial charge in [-0.2, -0.15) is 0 Å². The third kappa shape index (κ3) is 12.1. The Morgan fingerprint density at radius 1 is 0.233 bits per heavy atom. The lowest BCUT2D eigenvalue weighted by atomic mass is 10.1. The van der Waals surface area contributed by atoms with Crippen LogP contribution in [-0.2, 0) is 0 Å². The van der Waals surface area contributed by atoms with Gasteiger partial charge in [0.2, 0.25) is 0 Å². The summed E-state index contributed by atoms with van der Waals surface area (Å²) in [5.74, 6) is 17.9. The molecule has 8 aromatic carbocycles. The van der Waals surface area contributed by atoms with Gasteiger partial charge in [-0.05, 0) is 146 Å². The first-order valence-electron chi connectivity index (χ1n) is 18.9. The number of nitrogens with two attached hydrogens (primary N) is 4. The molecule has 60 heavy (non-hydrogen) atoms. The van der Waals surface area contributed by atoms with Crippen molar-refractivity contribution < 1.29 is 18.9 Å². The fourth-order valence-corrected chi connectivity index (χ4v) is 5.54. The molecule has 8 aromatic rings. The number of rotatable bonds is 8. The number of hydrogen-bond acceptors (Lipinski definition) is 8. The second-order valence-electron chi connectivity index (χ2n) is 13.3. The molecule has 0 unspecified atom stereocenters. The van der Waals surface area contributed by atoms with Crippen molar-refractivity contribution in [1.82, 2.24) is 0 Å². The van der Waals surface area contributed by atoms with Crippen LogP contribution in [0.3, 0.4) is 0 Å². The first-order chi connectivity index (χ1) is 29.3. The molecule has 8 heteroatoms. The van der Waals surface area contributed by atoms with E-state index in [0.29, 0.717) is 68.7 Å². The van der Waals surface area contributed by atoms with E-state index >= 15 is 0 Å². The van der Waals surface area contributed by atoms with Gasteiger partial charge in [-0.15, -0.1) is 0 Å². The summed E-state index contributed by atoms with van der Waals surface area (Å²) in [4.78, 5) is 0. The predicted molar refractivity (Wildman–Crippen MR) is 241 cm³/mol. The van der Waals surface area contributed by atoms with Gasteiger partial charge in [0.15, 0.2) is 0 Å². The summed E-state index contributed by atoms with van der Waals surface area (Å²) in [6.45, 7) is 0. The van der Waals surface area contributed by atoms with Crippen molar-refractivity contribution in [2.45, 2.75) is 0 Å². The average Bonchev–Trinajstić information content (AvgIpc) is 3.26. The minimum absolute atomic E-state index is 0.616. The number of anilines is 4. The Kier molecular flexibility index (Phi) is 12.8. The molecule has 0 aliphatic heterocycles. The minimum atomic E-state index is 0.616. The Morgan fingerprint density at radius 2 is 0.467 bits per heavy atom. The maximum absolute atomic E-state index is 6.00. The Bertz CT molecular complexity index is 2440. The topological polar surface area (TPSA) is 141 Å². The van der Waals surface area contributed by atoms with Gasteiger partial charge in [-0.3, -0.25) is 0 Å². The maximum atomic E-state index is 6.00. The molecule has 0 atom stereocenters. The second-order valence-corrected chi connectivity index (χ2v) is 13.3. The molecule has 8 rings (SSSR count). The van der Waals surface area contributed by atoms with Gasteiger partial charge in [-0.25, -0.2) is 0 Å². The fourth-order valence-electron chi connectivity index (χ4n) is 5.54. The summed E-state index contributed by atoms with van der Waals surface area (Å²) in [5.41, 5.74) is 29.2. The molecule has 0 radical (unpaired) electrons. The molecule has 8 N–H and O–H groups in total. The summed E-state index contributed by atoms with van der Waals surface area (Å²) in [5, 5.41) is 0. The molecule has 0 aliphatic carbocycles. The van der Waals surface area contributed by atoms with Crippen LogP contribution in [0.15, 0.2) is 194 Å². The minimum Gasteiger partial charge on any atom is -0.457 e. The van der Waals surface area contributed by atoms with Crippen molar-refractivity contribution in [3.8, 4) is 69.7 Å². The molecule has 0 aliphatic rings. The Balaban J connectivity index is 0.000000181. The third-order valence-electron chi connectivity index (χ3n) is 8.47. The van der Waals surface area contributed by atoms with Gasteiger partial charge >= 0.3 is 0 Å². The van der Waals surface area contributed by atoms with E-state index in [1.807, 2.05) is 146 Å². The number of hydrogen-bond donors (Lipinski definition) is 4. The van der Waals surface area contributed by atoms with Crippen LogP contribution in [0, 0.1) is 23.7 Å². The van der Waals surface area contributed by atoms with Crippen LogP contribution < -0.4 is 41.9 Å². The molecule has 0 amide bonds. The van der Waals surface area contributed by atoms with Crippen LogP contribution in [-0.4, -0.2) is 0 Å². The molecule has 0 spiro atoms. The summed E-state index contributed by atoms with van der Waals surface area (Å²) < 4.78 is 24.0. The van der Waals surface area contributed by atoms with E-state index in [2.05, 4.69) is 23.7 Å². The van der Waals surface area contributed by atoms with E-state index in [-0.39, 0.29) is 0 Å². The molecule has 0 saturated heterocycles. The van der Waals surface area contributed by atoms with Gasteiger partial charge in [-0.1, -0.05) is 60.1 Å². The van der Waals surface area contributed by atoms with Crippen molar-refractivity contribution in [3.05, 3.63) is 216 Å². The van der Waals surface area contributed by atoms with Gasteiger partial charge in [0.1, 0.15) is 46.0 Å². The van der Waals surface area contributed by atoms with Crippen molar-refractivity contribution in [2.75, 3.05) is 22.9 Å². The van der Waals surface area contributed by atoms with Crippen molar-refractivity contribution in [2.24, 2.45) is 0 Å². The average molecular weight is 785 g/mol. The summed E-state index contributed by atoms with van der Waals surface area (Å²) >= 11 is 0. The Labute approximate surface area is 349 Å². The highest BCUT2D eigenvalue weighted by Gasteiger charge is 2.08. The van der Waals surface area contributed by atoms with E-state index < -0.39 is 0 Å². The fraction of sp³-hybridized carbons (Fsp3) is 0. The zero-order valence-electron chi connectivity index (χ0n) is 32.4. The van der Waals surface area contributed by atoms with E-state index in [0.717, 1.165) is 22.3 Å². The quantitative estimate of drug-likeness (QED) is 0.0881. The maximum Gasteiger partial charge on any atom is 0.132 e. The highest BCUT2D eigenvalue weighted by molar-refractivity contribution is 5.54. The molecule has 0 fully saturated rings. The normalized spacial score (nSPS) is 10.0. The lowest BCUT2D eigenvalue weighted by Crippen LogP contribution is -1.91. The number of ether oxygens (including phenoxy) is 4. The first kappa shape index (κ1) is 39.5. The number of nitrogen functional groups attached to an aromatic ring is 4. The molecule has 0 bridgehead atoms. The monoisotopic (exact) mass is 784 g/mol. The molecule has 0 heterocycles. The smallest absolute Gasteiger partial charge is 0.132 e. The zero-order valence-corrected chi connectivity index (χ0v) is 32.4. The van der Waals surface area contributed by atoms with Crippen LogP contribution in [0.1, 0.15) is 22.3 Å². The van der Waals surface area contributed by atoms with Crippen LogP contribution in [0.25, 0.3) is 0 Å². The Hall–Kier alpha value is -8.72. The zero-order chi connectivity index (χ0) is 41.5.